The Labute approximate surface area is 139 Å². The van der Waals surface area contributed by atoms with Gasteiger partial charge in [0, 0.05) is 25.7 Å². The molecule has 0 spiro atoms. The number of nitrogens with one attached hydrogen (secondary N) is 1. The van der Waals surface area contributed by atoms with Crippen LogP contribution in [0.1, 0.15) is 44.9 Å². The summed E-state index contributed by atoms with van der Waals surface area (Å²) in [6.45, 7) is 6.27. The number of rotatable bonds is 8. The molecule has 1 aliphatic rings. The minimum Gasteiger partial charge on any atom is -0.327 e. The maximum absolute atomic E-state index is 4.81. The maximum atomic E-state index is 4.81. The number of para-hydroxylation sites is 2. The van der Waals surface area contributed by atoms with E-state index in [1.807, 2.05) is 0 Å². The van der Waals surface area contributed by atoms with Crippen LogP contribution in [-0.4, -0.2) is 40.6 Å². The Bertz CT molecular complexity index is 613. The highest BCUT2D eigenvalue weighted by Gasteiger charge is 2.18. The molecule has 0 atom stereocenters. The lowest BCUT2D eigenvalue weighted by molar-refractivity contribution is 0.245. The Morgan fingerprint density at radius 3 is 2.83 bits per heavy atom. The van der Waals surface area contributed by atoms with Crippen molar-refractivity contribution in [3.63, 3.8) is 0 Å². The van der Waals surface area contributed by atoms with Gasteiger partial charge in [0.25, 0.3) is 0 Å². The Hall–Kier alpha value is -1.39. The van der Waals surface area contributed by atoms with Crippen LogP contribution in [0, 0.1) is 0 Å². The molecular formula is C19H30N4. The van der Waals surface area contributed by atoms with Gasteiger partial charge < -0.3 is 14.8 Å². The van der Waals surface area contributed by atoms with Gasteiger partial charge in [-0.2, -0.15) is 0 Å². The van der Waals surface area contributed by atoms with Crippen molar-refractivity contribution in [2.24, 2.45) is 0 Å². The highest BCUT2D eigenvalue weighted by molar-refractivity contribution is 5.75. The van der Waals surface area contributed by atoms with Gasteiger partial charge in [-0.1, -0.05) is 31.9 Å². The molecule has 1 aliphatic carbocycles. The molecule has 1 N–H and O–H groups in total. The number of nitrogens with zero attached hydrogens (tertiary/aromatic N) is 3. The SMILES string of the molecule is CCCn1c(CNCCN(C)C2CCCC2)nc2ccccc21. The topological polar surface area (TPSA) is 33.1 Å². The van der Waals surface area contributed by atoms with Gasteiger partial charge in [0.2, 0.25) is 0 Å². The normalized spacial score (nSPS) is 16.0. The van der Waals surface area contributed by atoms with Crippen LogP contribution in [0.2, 0.25) is 0 Å². The molecule has 1 aromatic heterocycles. The van der Waals surface area contributed by atoms with Crippen LogP contribution in [0.4, 0.5) is 0 Å². The smallest absolute Gasteiger partial charge is 0.123 e. The highest BCUT2D eigenvalue weighted by atomic mass is 15.2. The van der Waals surface area contributed by atoms with E-state index >= 15 is 0 Å². The van der Waals surface area contributed by atoms with Gasteiger partial charge in [-0.15, -0.1) is 0 Å². The first-order valence-electron chi connectivity index (χ1n) is 9.14. The highest BCUT2D eigenvalue weighted by Crippen LogP contribution is 2.22. The molecule has 126 valence electrons. The zero-order chi connectivity index (χ0) is 16.1. The summed E-state index contributed by atoms with van der Waals surface area (Å²) in [5.41, 5.74) is 2.37. The monoisotopic (exact) mass is 314 g/mol. The van der Waals surface area contributed by atoms with E-state index in [1.54, 1.807) is 0 Å². The lowest BCUT2D eigenvalue weighted by Gasteiger charge is -2.23. The van der Waals surface area contributed by atoms with Crippen molar-refractivity contribution in [3.8, 4) is 0 Å². The number of fused-ring (bicyclic) bond motifs is 1. The van der Waals surface area contributed by atoms with Gasteiger partial charge in [-0.25, -0.2) is 4.98 Å². The van der Waals surface area contributed by atoms with Crippen LogP contribution in [0.15, 0.2) is 24.3 Å². The molecule has 0 radical (unpaired) electrons. The lowest BCUT2D eigenvalue weighted by atomic mass is 10.2. The van der Waals surface area contributed by atoms with Crippen molar-refractivity contribution < 1.29 is 0 Å². The van der Waals surface area contributed by atoms with Gasteiger partial charge in [-0.05, 0) is 38.4 Å². The molecule has 1 fully saturated rings. The third-order valence-corrected chi connectivity index (χ3v) is 5.05. The van der Waals surface area contributed by atoms with Crippen LogP contribution in [0.3, 0.4) is 0 Å². The quantitative estimate of drug-likeness (QED) is 0.758. The summed E-state index contributed by atoms with van der Waals surface area (Å²) < 4.78 is 2.36. The van der Waals surface area contributed by atoms with E-state index in [4.69, 9.17) is 4.98 Å². The summed E-state index contributed by atoms with van der Waals surface area (Å²) in [7, 11) is 2.27. The fraction of sp³-hybridized carbons (Fsp3) is 0.632. The average Bonchev–Trinajstić information content (AvgIpc) is 3.20. The molecule has 0 saturated heterocycles. The van der Waals surface area contributed by atoms with Gasteiger partial charge in [-0.3, -0.25) is 0 Å². The zero-order valence-corrected chi connectivity index (χ0v) is 14.6. The second-order valence-corrected chi connectivity index (χ2v) is 6.76. The molecule has 0 bridgehead atoms. The van der Waals surface area contributed by atoms with E-state index in [2.05, 4.69) is 53.0 Å². The number of aromatic nitrogens is 2. The number of benzene rings is 1. The molecule has 0 amide bonds. The molecule has 0 aliphatic heterocycles. The fourth-order valence-corrected chi connectivity index (χ4v) is 3.72. The predicted octanol–water partition coefficient (Wildman–Crippen LogP) is 3.41. The van der Waals surface area contributed by atoms with Crippen molar-refractivity contribution in [3.05, 3.63) is 30.1 Å². The second-order valence-electron chi connectivity index (χ2n) is 6.76. The predicted molar refractivity (Wildman–Crippen MR) is 96.6 cm³/mol. The number of likely N-dealkylation sites (N-methyl/N-ethyl adjacent to an activating group) is 1. The summed E-state index contributed by atoms with van der Waals surface area (Å²) in [6, 6.07) is 9.26. The standard InChI is InChI=1S/C19H30N4/c1-3-13-23-18-11-7-6-10-17(18)21-19(23)15-20-12-14-22(2)16-8-4-5-9-16/h6-7,10-11,16,20H,3-5,8-9,12-15H2,1-2H3. The fourth-order valence-electron chi connectivity index (χ4n) is 3.72. The van der Waals surface area contributed by atoms with Crippen molar-refractivity contribution in [1.82, 2.24) is 19.8 Å². The van der Waals surface area contributed by atoms with Gasteiger partial charge in [0.1, 0.15) is 5.82 Å². The minimum absolute atomic E-state index is 0.807. The summed E-state index contributed by atoms with van der Waals surface area (Å²) in [6.07, 6.45) is 6.70. The molecule has 0 unspecified atom stereocenters. The number of aryl methyl sites for hydroxylation is 1. The average molecular weight is 314 g/mol. The van der Waals surface area contributed by atoms with E-state index in [0.717, 1.165) is 50.0 Å². The van der Waals surface area contributed by atoms with E-state index in [-0.39, 0.29) is 0 Å². The van der Waals surface area contributed by atoms with E-state index in [1.165, 1.54) is 31.2 Å². The van der Waals surface area contributed by atoms with Gasteiger partial charge in [0.15, 0.2) is 0 Å². The van der Waals surface area contributed by atoms with Crippen molar-refractivity contribution in [2.75, 3.05) is 20.1 Å². The van der Waals surface area contributed by atoms with E-state index < -0.39 is 0 Å². The Kier molecular flexibility index (Phi) is 5.68. The molecule has 4 heteroatoms. The van der Waals surface area contributed by atoms with Crippen LogP contribution in [0.5, 0.6) is 0 Å². The van der Waals surface area contributed by atoms with Crippen LogP contribution >= 0.6 is 0 Å². The minimum atomic E-state index is 0.807. The number of imidazole rings is 1. The summed E-state index contributed by atoms with van der Waals surface area (Å²) in [4.78, 5) is 7.34. The first-order chi connectivity index (χ1) is 11.3. The molecular weight excluding hydrogens is 284 g/mol. The Morgan fingerprint density at radius 1 is 1.26 bits per heavy atom. The van der Waals surface area contributed by atoms with Crippen LogP contribution in [-0.2, 0) is 13.1 Å². The van der Waals surface area contributed by atoms with Crippen LogP contribution < -0.4 is 5.32 Å². The number of hydrogen-bond acceptors (Lipinski definition) is 3. The van der Waals surface area contributed by atoms with E-state index in [9.17, 15) is 0 Å². The first kappa shape index (κ1) is 16.5. The lowest BCUT2D eigenvalue weighted by Crippen LogP contribution is -2.35. The molecule has 3 rings (SSSR count). The second kappa shape index (κ2) is 7.93. The molecule has 2 aromatic rings. The third kappa shape index (κ3) is 3.93. The van der Waals surface area contributed by atoms with E-state index in [0.29, 0.717) is 0 Å². The molecule has 1 heterocycles. The largest absolute Gasteiger partial charge is 0.327 e. The van der Waals surface area contributed by atoms with Gasteiger partial charge >= 0.3 is 0 Å². The third-order valence-electron chi connectivity index (χ3n) is 5.05. The number of hydrogen-bond donors (Lipinski definition) is 1. The summed E-state index contributed by atoms with van der Waals surface area (Å²) in [5.74, 6) is 1.16. The Balaban J connectivity index is 1.55. The molecule has 1 saturated carbocycles. The molecule has 23 heavy (non-hydrogen) atoms. The Morgan fingerprint density at radius 2 is 2.04 bits per heavy atom. The van der Waals surface area contributed by atoms with Crippen molar-refractivity contribution in [2.45, 2.75) is 58.2 Å². The van der Waals surface area contributed by atoms with Crippen LogP contribution in [0.25, 0.3) is 11.0 Å². The van der Waals surface area contributed by atoms with Crippen molar-refractivity contribution in [1.29, 1.82) is 0 Å². The van der Waals surface area contributed by atoms with Crippen molar-refractivity contribution >= 4 is 11.0 Å². The molecule has 1 aromatic carbocycles. The summed E-state index contributed by atoms with van der Waals surface area (Å²) >= 11 is 0. The first-order valence-corrected chi connectivity index (χ1v) is 9.14. The zero-order valence-electron chi connectivity index (χ0n) is 14.6. The maximum Gasteiger partial charge on any atom is 0.123 e. The van der Waals surface area contributed by atoms with Gasteiger partial charge in [0.05, 0.1) is 17.6 Å². The molecule has 4 nitrogen and oxygen atoms in total. The summed E-state index contributed by atoms with van der Waals surface area (Å²) in [5, 5.41) is 3.59.